The molecule has 0 radical (unpaired) electrons. The van der Waals surface area contributed by atoms with Crippen LogP contribution in [0.4, 0.5) is 18.9 Å². The quantitative estimate of drug-likeness (QED) is 0.595. The summed E-state index contributed by atoms with van der Waals surface area (Å²) in [5.41, 5.74) is 0.672. The lowest BCUT2D eigenvalue weighted by molar-refractivity contribution is -0.137. The van der Waals surface area contributed by atoms with Gasteiger partial charge in [0, 0.05) is 35.7 Å². The van der Waals surface area contributed by atoms with Crippen LogP contribution in [0.2, 0.25) is 0 Å². The van der Waals surface area contributed by atoms with Crippen LogP contribution in [-0.4, -0.2) is 18.8 Å². The molecule has 4 rings (SSSR count). The SMILES string of the molecule is COc1cccc(C2CC(=O)N(c3cccc(C(F)(F)F)c3)C3=C2C(=O)CC(C)(C)C3)c1. The number of ether oxygens (including phenoxy) is 1. The first-order valence-electron chi connectivity index (χ1n) is 10.4. The van der Waals surface area contributed by atoms with E-state index in [1.807, 2.05) is 19.9 Å². The van der Waals surface area contributed by atoms with Crippen LogP contribution in [0.5, 0.6) is 5.75 Å². The van der Waals surface area contributed by atoms with Gasteiger partial charge in [-0.25, -0.2) is 0 Å². The number of methoxy groups -OCH3 is 1. The number of Topliss-reactive ketones (excluding diaryl/α,β-unsaturated/α-hetero) is 1. The first-order chi connectivity index (χ1) is 15.0. The number of ketones is 1. The van der Waals surface area contributed by atoms with Gasteiger partial charge in [0.2, 0.25) is 5.91 Å². The first-order valence-corrected chi connectivity index (χ1v) is 10.4. The molecule has 1 amide bonds. The molecule has 1 aliphatic carbocycles. The number of anilines is 1. The lowest BCUT2D eigenvalue weighted by Gasteiger charge is -2.43. The highest BCUT2D eigenvalue weighted by atomic mass is 19.4. The molecule has 2 aromatic carbocycles. The number of nitrogens with zero attached hydrogens (tertiary/aromatic N) is 1. The number of carbonyl (C=O) groups excluding carboxylic acids is 2. The fourth-order valence-electron chi connectivity index (χ4n) is 4.68. The van der Waals surface area contributed by atoms with Gasteiger partial charge >= 0.3 is 6.18 Å². The standard InChI is InChI=1S/C25H24F3NO3/c1-24(2)13-20-23(21(30)14-24)19(15-6-4-9-18(10-15)32-3)12-22(31)29(20)17-8-5-7-16(11-17)25(26,27)28/h4-11,19H,12-14H2,1-3H3. The molecular formula is C25H24F3NO3. The molecule has 0 aromatic heterocycles. The highest BCUT2D eigenvalue weighted by Gasteiger charge is 2.44. The fraction of sp³-hybridized carbons (Fsp3) is 0.360. The zero-order valence-electron chi connectivity index (χ0n) is 18.1. The predicted octanol–water partition coefficient (Wildman–Crippen LogP) is 5.88. The molecule has 1 atom stereocenters. The molecule has 2 aliphatic rings. The summed E-state index contributed by atoms with van der Waals surface area (Å²) < 4.78 is 45.3. The molecule has 0 bridgehead atoms. The number of alkyl halides is 3. The Bertz CT molecular complexity index is 1120. The van der Waals surface area contributed by atoms with E-state index in [-0.39, 0.29) is 23.8 Å². The monoisotopic (exact) mass is 443 g/mol. The van der Waals surface area contributed by atoms with Gasteiger partial charge < -0.3 is 4.74 Å². The van der Waals surface area contributed by atoms with Gasteiger partial charge in [-0.15, -0.1) is 0 Å². The highest BCUT2D eigenvalue weighted by molar-refractivity contribution is 6.07. The molecule has 7 heteroatoms. The van der Waals surface area contributed by atoms with Crippen LogP contribution >= 0.6 is 0 Å². The van der Waals surface area contributed by atoms with Crippen molar-refractivity contribution in [1.82, 2.24) is 0 Å². The van der Waals surface area contributed by atoms with Gasteiger partial charge in [0.1, 0.15) is 5.75 Å². The first kappa shape index (κ1) is 22.1. The molecule has 0 N–H and O–H groups in total. The molecule has 0 saturated carbocycles. The second-order valence-corrected chi connectivity index (χ2v) is 9.11. The maximum atomic E-state index is 13.3. The number of allylic oxidation sites excluding steroid dienone is 2. The van der Waals surface area contributed by atoms with Crippen LogP contribution in [0.15, 0.2) is 59.8 Å². The number of halogens is 3. The maximum absolute atomic E-state index is 13.3. The van der Waals surface area contributed by atoms with Crippen molar-refractivity contribution in [3.05, 3.63) is 70.9 Å². The summed E-state index contributed by atoms with van der Waals surface area (Å²) in [7, 11) is 1.54. The van der Waals surface area contributed by atoms with Crippen molar-refractivity contribution in [3.63, 3.8) is 0 Å². The molecule has 1 unspecified atom stereocenters. The van der Waals surface area contributed by atoms with Crippen molar-refractivity contribution in [2.24, 2.45) is 5.41 Å². The van der Waals surface area contributed by atoms with Crippen LogP contribution in [0.1, 0.15) is 50.2 Å². The Kier molecular flexibility index (Phi) is 5.39. The van der Waals surface area contributed by atoms with Crippen molar-refractivity contribution < 1.29 is 27.5 Å². The van der Waals surface area contributed by atoms with E-state index in [1.165, 1.54) is 17.0 Å². The summed E-state index contributed by atoms with van der Waals surface area (Å²) in [5, 5.41) is 0. The van der Waals surface area contributed by atoms with Crippen LogP contribution < -0.4 is 9.64 Å². The third-order valence-electron chi connectivity index (χ3n) is 6.07. The Hall–Kier alpha value is -3.09. The smallest absolute Gasteiger partial charge is 0.416 e. The minimum atomic E-state index is -4.53. The predicted molar refractivity (Wildman–Crippen MR) is 114 cm³/mol. The van der Waals surface area contributed by atoms with Crippen molar-refractivity contribution in [1.29, 1.82) is 0 Å². The van der Waals surface area contributed by atoms with E-state index in [4.69, 9.17) is 4.74 Å². The minimum absolute atomic E-state index is 0.00554. The van der Waals surface area contributed by atoms with Crippen LogP contribution in [0.3, 0.4) is 0 Å². The Morgan fingerprint density at radius 2 is 1.75 bits per heavy atom. The fourth-order valence-corrected chi connectivity index (χ4v) is 4.68. The molecule has 4 nitrogen and oxygen atoms in total. The molecule has 168 valence electrons. The Morgan fingerprint density at radius 3 is 2.44 bits per heavy atom. The van der Waals surface area contributed by atoms with Gasteiger partial charge in [0.25, 0.3) is 0 Å². The van der Waals surface area contributed by atoms with Gasteiger partial charge in [-0.2, -0.15) is 13.2 Å². The molecule has 1 aliphatic heterocycles. The lowest BCUT2D eigenvalue weighted by atomic mass is 9.69. The van der Waals surface area contributed by atoms with Crippen molar-refractivity contribution in [2.75, 3.05) is 12.0 Å². The third-order valence-corrected chi connectivity index (χ3v) is 6.07. The van der Waals surface area contributed by atoms with Gasteiger partial charge in [-0.1, -0.05) is 32.0 Å². The molecule has 1 heterocycles. The van der Waals surface area contributed by atoms with Crippen LogP contribution in [0, 0.1) is 5.41 Å². The summed E-state index contributed by atoms with van der Waals surface area (Å²) in [6.07, 6.45) is -3.81. The van der Waals surface area contributed by atoms with E-state index in [0.29, 0.717) is 29.9 Å². The van der Waals surface area contributed by atoms with Gasteiger partial charge in [-0.05, 0) is 47.7 Å². The zero-order chi connectivity index (χ0) is 23.3. The van der Waals surface area contributed by atoms with Gasteiger partial charge in [0.15, 0.2) is 5.78 Å². The van der Waals surface area contributed by atoms with E-state index in [2.05, 4.69) is 0 Å². The van der Waals surface area contributed by atoms with E-state index in [1.54, 1.807) is 25.3 Å². The number of benzene rings is 2. The average Bonchev–Trinajstić information content (AvgIpc) is 2.71. The Labute approximate surface area is 184 Å². The average molecular weight is 443 g/mol. The zero-order valence-corrected chi connectivity index (χ0v) is 18.1. The molecular weight excluding hydrogens is 419 g/mol. The summed E-state index contributed by atoms with van der Waals surface area (Å²) in [6.45, 7) is 3.86. The number of amides is 1. The molecule has 2 aromatic rings. The summed E-state index contributed by atoms with van der Waals surface area (Å²) >= 11 is 0. The van der Waals surface area contributed by atoms with Crippen LogP contribution in [0.25, 0.3) is 0 Å². The third kappa shape index (κ3) is 4.04. The topological polar surface area (TPSA) is 46.6 Å². The second kappa shape index (κ2) is 7.80. The summed E-state index contributed by atoms with van der Waals surface area (Å²) in [6, 6.07) is 11.9. The van der Waals surface area contributed by atoms with Gasteiger partial charge in [-0.3, -0.25) is 14.5 Å². The highest BCUT2D eigenvalue weighted by Crippen LogP contribution is 2.48. The molecule has 0 spiro atoms. The molecule has 32 heavy (non-hydrogen) atoms. The molecule has 0 saturated heterocycles. The Morgan fingerprint density at radius 1 is 1.03 bits per heavy atom. The lowest BCUT2D eigenvalue weighted by Crippen LogP contribution is -2.43. The van der Waals surface area contributed by atoms with Crippen molar-refractivity contribution >= 4 is 17.4 Å². The van der Waals surface area contributed by atoms with Crippen LogP contribution in [-0.2, 0) is 15.8 Å². The van der Waals surface area contributed by atoms with E-state index in [9.17, 15) is 22.8 Å². The van der Waals surface area contributed by atoms with E-state index >= 15 is 0 Å². The number of hydrogen-bond acceptors (Lipinski definition) is 3. The largest absolute Gasteiger partial charge is 0.497 e. The van der Waals surface area contributed by atoms with Crippen molar-refractivity contribution in [3.8, 4) is 5.75 Å². The van der Waals surface area contributed by atoms with E-state index in [0.717, 1.165) is 17.7 Å². The normalized spacial score (nSPS) is 20.9. The van der Waals surface area contributed by atoms with Crippen molar-refractivity contribution in [2.45, 2.75) is 45.2 Å². The summed E-state index contributed by atoms with van der Waals surface area (Å²) in [4.78, 5) is 27.9. The maximum Gasteiger partial charge on any atom is 0.416 e. The van der Waals surface area contributed by atoms with Gasteiger partial charge in [0.05, 0.1) is 12.7 Å². The number of carbonyl (C=O) groups is 2. The second-order valence-electron chi connectivity index (χ2n) is 9.11. The van der Waals surface area contributed by atoms with E-state index < -0.39 is 23.1 Å². The summed E-state index contributed by atoms with van der Waals surface area (Å²) in [5.74, 6) is -0.255. The molecule has 0 fully saturated rings. The number of hydrogen-bond donors (Lipinski definition) is 0. The Balaban J connectivity index is 1.89. The number of rotatable bonds is 3. The minimum Gasteiger partial charge on any atom is -0.497 e.